The molecule has 94 valence electrons. The maximum atomic E-state index is 4.53. The van der Waals surface area contributed by atoms with Crippen molar-refractivity contribution in [2.75, 3.05) is 41.4 Å². The van der Waals surface area contributed by atoms with E-state index in [4.69, 9.17) is 0 Å². The van der Waals surface area contributed by atoms with Crippen LogP contribution in [0.1, 0.15) is 19.2 Å². The number of anilines is 2. The standard InChI is InChI=1S/C12H20N4S/c1-3-4-13-11-9-12(15-10(2)14-11)16-5-7-17-8-6-16/h9H,3-8H2,1-2H3,(H,13,14,15). The Hall–Kier alpha value is -0.970. The zero-order valence-electron chi connectivity index (χ0n) is 10.6. The van der Waals surface area contributed by atoms with E-state index in [0.717, 1.165) is 43.5 Å². The largest absolute Gasteiger partial charge is 0.370 e. The lowest BCUT2D eigenvalue weighted by atomic mass is 10.4. The van der Waals surface area contributed by atoms with Crippen molar-refractivity contribution >= 4 is 23.4 Å². The van der Waals surface area contributed by atoms with Crippen LogP contribution in [0.3, 0.4) is 0 Å². The van der Waals surface area contributed by atoms with Gasteiger partial charge in [-0.15, -0.1) is 0 Å². The predicted octanol–water partition coefficient (Wildman–Crippen LogP) is 2.16. The molecule has 2 rings (SSSR count). The lowest BCUT2D eigenvalue weighted by Crippen LogP contribution is -2.33. The SMILES string of the molecule is CCCNc1cc(N2CCSCC2)nc(C)n1. The summed E-state index contributed by atoms with van der Waals surface area (Å²) in [6.45, 7) is 7.26. The normalized spacial score (nSPS) is 16.0. The van der Waals surface area contributed by atoms with Crippen LogP contribution in [-0.4, -0.2) is 41.1 Å². The Bertz CT molecular complexity index is 364. The molecule has 0 radical (unpaired) electrons. The van der Waals surface area contributed by atoms with Gasteiger partial charge in [-0.05, 0) is 13.3 Å². The minimum Gasteiger partial charge on any atom is -0.370 e. The molecule has 2 heterocycles. The van der Waals surface area contributed by atoms with E-state index in [-0.39, 0.29) is 0 Å². The van der Waals surface area contributed by atoms with Crippen molar-refractivity contribution in [3.05, 3.63) is 11.9 Å². The molecule has 0 bridgehead atoms. The van der Waals surface area contributed by atoms with Gasteiger partial charge in [0, 0.05) is 37.2 Å². The van der Waals surface area contributed by atoms with E-state index in [9.17, 15) is 0 Å². The van der Waals surface area contributed by atoms with Gasteiger partial charge in [0.15, 0.2) is 0 Å². The second kappa shape index (κ2) is 6.10. The number of rotatable bonds is 4. The van der Waals surface area contributed by atoms with Crippen molar-refractivity contribution in [2.24, 2.45) is 0 Å². The van der Waals surface area contributed by atoms with Crippen LogP contribution in [0.2, 0.25) is 0 Å². The Kier molecular flexibility index (Phi) is 4.48. The molecule has 0 saturated carbocycles. The molecule has 0 atom stereocenters. The summed E-state index contributed by atoms with van der Waals surface area (Å²) in [4.78, 5) is 11.3. The van der Waals surface area contributed by atoms with Gasteiger partial charge in [0.05, 0.1) is 0 Å². The third-order valence-corrected chi connectivity index (χ3v) is 3.66. The molecule has 5 heteroatoms. The van der Waals surface area contributed by atoms with Crippen LogP contribution in [0.25, 0.3) is 0 Å². The minimum absolute atomic E-state index is 0.847. The van der Waals surface area contributed by atoms with Crippen molar-refractivity contribution in [2.45, 2.75) is 20.3 Å². The summed E-state index contributed by atoms with van der Waals surface area (Å²) >= 11 is 2.01. The predicted molar refractivity (Wildman–Crippen MR) is 75.1 cm³/mol. The summed E-state index contributed by atoms with van der Waals surface area (Å²) in [6, 6.07) is 2.07. The molecule has 0 aromatic carbocycles. The van der Waals surface area contributed by atoms with E-state index in [0.29, 0.717) is 0 Å². The first kappa shape index (κ1) is 12.5. The fourth-order valence-corrected chi connectivity index (χ4v) is 2.75. The van der Waals surface area contributed by atoms with Crippen LogP contribution >= 0.6 is 11.8 Å². The lowest BCUT2D eigenvalue weighted by molar-refractivity contribution is 0.827. The smallest absolute Gasteiger partial charge is 0.134 e. The highest BCUT2D eigenvalue weighted by molar-refractivity contribution is 7.99. The Labute approximate surface area is 107 Å². The van der Waals surface area contributed by atoms with E-state index >= 15 is 0 Å². The summed E-state index contributed by atoms with van der Waals surface area (Å²) in [7, 11) is 0. The number of nitrogens with zero attached hydrogens (tertiary/aromatic N) is 3. The topological polar surface area (TPSA) is 41.0 Å². The van der Waals surface area contributed by atoms with Crippen LogP contribution in [0.5, 0.6) is 0 Å². The molecular formula is C12H20N4S. The number of hydrogen-bond acceptors (Lipinski definition) is 5. The van der Waals surface area contributed by atoms with Crippen LogP contribution < -0.4 is 10.2 Å². The summed E-state index contributed by atoms with van der Waals surface area (Å²) in [6.07, 6.45) is 1.11. The highest BCUT2D eigenvalue weighted by Crippen LogP contribution is 2.19. The molecule has 1 aliphatic rings. The number of thioether (sulfide) groups is 1. The first-order valence-corrected chi connectivity index (χ1v) is 7.37. The first-order chi connectivity index (χ1) is 8.29. The number of hydrogen-bond donors (Lipinski definition) is 1. The van der Waals surface area contributed by atoms with Gasteiger partial charge < -0.3 is 10.2 Å². The fraction of sp³-hybridized carbons (Fsp3) is 0.667. The fourth-order valence-electron chi connectivity index (χ4n) is 1.85. The molecule has 1 fully saturated rings. The highest BCUT2D eigenvalue weighted by Gasteiger charge is 2.13. The first-order valence-electron chi connectivity index (χ1n) is 6.22. The molecule has 1 aliphatic heterocycles. The van der Waals surface area contributed by atoms with E-state index in [1.54, 1.807) is 0 Å². The molecule has 0 amide bonds. The number of aromatic nitrogens is 2. The molecular weight excluding hydrogens is 232 g/mol. The quantitative estimate of drug-likeness (QED) is 0.889. The Balaban J connectivity index is 2.12. The average molecular weight is 252 g/mol. The zero-order chi connectivity index (χ0) is 12.1. The van der Waals surface area contributed by atoms with Crippen molar-refractivity contribution in [1.82, 2.24) is 9.97 Å². The second-order valence-corrected chi connectivity index (χ2v) is 5.41. The van der Waals surface area contributed by atoms with E-state index in [2.05, 4.69) is 33.2 Å². The van der Waals surface area contributed by atoms with Gasteiger partial charge >= 0.3 is 0 Å². The van der Waals surface area contributed by atoms with Crippen LogP contribution in [0.4, 0.5) is 11.6 Å². The van der Waals surface area contributed by atoms with Gasteiger partial charge in [0.1, 0.15) is 17.5 Å². The lowest BCUT2D eigenvalue weighted by Gasteiger charge is -2.27. The van der Waals surface area contributed by atoms with Crippen molar-refractivity contribution < 1.29 is 0 Å². The van der Waals surface area contributed by atoms with Gasteiger partial charge in [0.2, 0.25) is 0 Å². The van der Waals surface area contributed by atoms with Crippen molar-refractivity contribution in [3.63, 3.8) is 0 Å². The zero-order valence-corrected chi connectivity index (χ0v) is 11.4. The molecule has 1 aromatic rings. The molecule has 1 aromatic heterocycles. The monoisotopic (exact) mass is 252 g/mol. The summed E-state index contributed by atoms with van der Waals surface area (Å²) in [5.74, 6) is 5.25. The molecule has 1 saturated heterocycles. The Morgan fingerprint density at radius 1 is 1.35 bits per heavy atom. The van der Waals surface area contributed by atoms with Crippen molar-refractivity contribution in [1.29, 1.82) is 0 Å². The highest BCUT2D eigenvalue weighted by atomic mass is 32.2. The van der Waals surface area contributed by atoms with Crippen LogP contribution in [0.15, 0.2) is 6.07 Å². The summed E-state index contributed by atoms with van der Waals surface area (Å²) in [5.41, 5.74) is 0. The van der Waals surface area contributed by atoms with E-state index in [1.807, 2.05) is 18.7 Å². The third kappa shape index (κ3) is 3.49. The summed E-state index contributed by atoms with van der Waals surface area (Å²) < 4.78 is 0. The molecule has 1 N–H and O–H groups in total. The minimum atomic E-state index is 0.847. The maximum Gasteiger partial charge on any atom is 0.134 e. The third-order valence-electron chi connectivity index (χ3n) is 2.72. The van der Waals surface area contributed by atoms with Gasteiger partial charge in [-0.25, -0.2) is 9.97 Å². The van der Waals surface area contributed by atoms with Gasteiger partial charge in [0.25, 0.3) is 0 Å². The molecule has 17 heavy (non-hydrogen) atoms. The Morgan fingerprint density at radius 3 is 2.82 bits per heavy atom. The Morgan fingerprint density at radius 2 is 2.12 bits per heavy atom. The molecule has 4 nitrogen and oxygen atoms in total. The molecule has 0 aliphatic carbocycles. The molecule has 0 spiro atoms. The van der Waals surface area contributed by atoms with Gasteiger partial charge in [-0.3, -0.25) is 0 Å². The van der Waals surface area contributed by atoms with Gasteiger partial charge in [-0.2, -0.15) is 11.8 Å². The average Bonchev–Trinajstić information content (AvgIpc) is 2.37. The maximum absolute atomic E-state index is 4.53. The van der Waals surface area contributed by atoms with Crippen molar-refractivity contribution in [3.8, 4) is 0 Å². The number of aryl methyl sites for hydroxylation is 1. The summed E-state index contributed by atoms with van der Waals surface area (Å²) in [5, 5.41) is 3.33. The van der Waals surface area contributed by atoms with Crippen LogP contribution in [0, 0.1) is 6.92 Å². The van der Waals surface area contributed by atoms with E-state index in [1.165, 1.54) is 11.5 Å². The molecule has 0 unspecified atom stereocenters. The number of nitrogens with one attached hydrogen (secondary N) is 1. The van der Waals surface area contributed by atoms with Crippen LogP contribution in [-0.2, 0) is 0 Å². The second-order valence-electron chi connectivity index (χ2n) is 4.18. The van der Waals surface area contributed by atoms with E-state index < -0.39 is 0 Å². The van der Waals surface area contributed by atoms with Gasteiger partial charge in [-0.1, -0.05) is 6.92 Å².